The third kappa shape index (κ3) is 3.13. The molecule has 0 radical (unpaired) electrons. The third-order valence-corrected chi connectivity index (χ3v) is 5.73. The number of hydrogen-bond donors (Lipinski definition) is 0. The van der Waals surface area contributed by atoms with Gasteiger partial charge in [0.05, 0.1) is 11.1 Å². The van der Waals surface area contributed by atoms with Gasteiger partial charge in [-0.3, -0.25) is 0 Å². The van der Waals surface area contributed by atoms with E-state index in [0.717, 1.165) is 20.1 Å². The van der Waals surface area contributed by atoms with Gasteiger partial charge in [0.2, 0.25) is 0 Å². The van der Waals surface area contributed by atoms with Gasteiger partial charge in [0.1, 0.15) is 5.69 Å². The fourth-order valence-electron chi connectivity index (χ4n) is 2.18. The molecule has 3 aromatic rings. The van der Waals surface area contributed by atoms with Crippen LogP contribution in [0.4, 0.5) is 0 Å². The minimum atomic E-state index is -3.75. The fraction of sp³-hybridized carbons (Fsp3) is 0.0588. The Morgan fingerprint density at radius 1 is 1.12 bits per heavy atom. The summed E-state index contributed by atoms with van der Waals surface area (Å²) in [4.78, 5) is 1.12. The van der Waals surface area contributed by atoms with Crippen LogP contribution in [0.25, 0.3) is 11.3 Å². The second-order valence-corrected chi connectivity index (χ2v) is 7.88. The van der Waals surface area contributed by atoms with Gasteiger partial charge in [-0.15, -0.1) is 9.19 Å². The van der Waals surface area contributed by atoms with Crippen LogP contribution < -0.4 is 0 Å². The second kappa shape index (κ2) is 6.62. The lowest BCUT2D eigenvalue weighted by molar-refractivity contribution is 0.577. The highest BCUT2D eigenvalue weighted by atomic mass is 32.2. The first-order chi connectivity index (χ1) is 11.5. The quantitative estimate of drug-likeness (QED) is 0.651. The average Bonchev–Trinajstić information content (AvgIpc) is 3.07. The van der Waals surface area contributed by atoms with Crippen molar-refractivity contribution in [3.8, 4) is 11.3 Å². The number of rotatable bonds is 5. The predicted molar refractivity (Wildman–Crippen MR) is 95.3 cm³/mol. The van der Waals surface area contributed by atoms with E-state index in [2.05, 4.69) is 16.9 Å². The number of aryl methyl sites for hydroxylation is 1. The SMILES string of the molecule is C=CSc1ccccc1-c1cn(S(=O)(=O)c2ccc(C)cc2)nn1. The summed E-state index contributed by atoms with van der Waals surface area (Å²) in [6.07, 6.45) is 1.43. The van der Waals surface area contributed by atoms with Gasteiger partial charge in [-0.05, 0) is 30.5 Å². The highest BCUT2D eigenvalue weighted by Crippen LogP contribution is 2.30. The van der Waals surface area contributed by atoms with E-state index in [-0.39, 0.29) is 4.90 Å². The third-order valence-electron chi connectivity index (χ3n) is 3.41. The van der Waals surface area contributed by atoms with Gasteiger partial charge >= 0.3 is 0 Å². The maximum absolute atomic E-state index is 12.6. The topological polar surface area (TPSA) is 64.8 Å². The molecule has 24 heavy (non-hydrogen) atoms. The van der Waals surface area contributed by atoms with Gasteiger partial charge in [0, 0.05) is 10.5 Å². The Morgan fingerprint density at radius 2 is 1.83 bits per heavy atom. The summed E-state index contributed by atoms with van der Waals surface area (Å²) in [5, 5.41) is 9.55. The molecule has 0 unspecified atom stereocenters. The van der Waals surface area contributed by atoms with Gasteiger partial charge in [-0.1, -0.05) is 59.4 Å². The number of nitrogens with zero attached hydrogens (tertiary/aromatic N) is 3. The summed E-state index contributed by atoms with van der Waals surface area (Å²) in [7, 11) is -3.75. The molecule has 0 N–H and O–H groups in total. The Kier molecular flexibility index (Phi) is 4.55. The zero-order valence-corrected chi connectivity index (χ0v) is 14.6. The lowest BCUT2D eigenvalue weighted by Crippen LogP contribution is -2.13. The molecule has 5 nitrogen and oxygen atoms in total. The molecule has 122 valence electrons. The highest BCUT2D eigenvalue weighted by Gasteiger charge is 2.20. The van der Waals surface area contributed by atoms with Crippen LogP contribution in [0.5, 0.6) is 0 Å². The minimum absolute atomic E-state index is 0.179. The van der Waals surface area contributed by atoms with E-state index in [9.17, 15) is 8.42 Å². The van der Waals surface area contributed by atoms with Crippen molar-refractivity contribution >= 4 is 21.8 Å². The van der Waals surface area contributed by atoms with Crippen molar-refractivity contribution < 1.29 is 8.42 Å². The molecule has 0 aliphatic heterocycles. The summed E-state index contributed by atoms with van der Waals surface area (Å²) < 4.78 is 26.2. The molecule has 1 heterocycles. The first-order valence-electron chi connectivity index (χ1n) is 7.14. The van der Waals surface area contributed by atoms with Crippen molar-refractivity contribution in [3.63, 3.8) is 0 Å². The van der Waals surface area contributed by atoms with Crippen LogP contribution in [0.1, 0.15) is 5.56 Å². The van der Waals surface area contributed by atoms with Crippen LogP contribution in [0.3, 0.4) is 0 Å². The van der Waals surface area contributed by atoms with Gasteiger partial charge in [0.25, 0.3) is 10.0 Å². The van der Waals surface area contributed by atoms with Gasteiger partial charge in [-0.25, -0.2) is 0 Å². The van der Waals surface area contributed by atoms with Crippen LogP contribution >= 0.6 is 11.8 Å². The van der Waals surface area contributed by atoms with Crippen LogP contribution in [-0.4, -0.2) is 22.8 Å². The van der Waals surface area contributed by atoms with Crippen LogP contribution in [0.15, 0.2) is 76.5 Å². The summed E-state index contributed by atoms with van der Waals surface area (Å²) in [5.74, 6) is 0. The predicted octanol–water partition coefficient (Wildman–Crippen LogP) is 3.73. The van der Waals surface area contributed by atoms with E-state index < -0.39 is 10.0 Å². The van der Waals surface area contributed by atoms with Crippen LogP contribution in [-0.2, 0) is 10.0 Å². The number of benzene rings is 2. The van der Waals surface area contributed by atoms with Crippen molar-refractivity contribution in [2.45, 2.75) is 16.7 Å². The standard InChI is InChI=1S/C17H15N3O2S2/c1-3-23-17-7-5-4-6-15(17)16-12-20(19-18-16)24(21,22)14-10-8-13(2)9-11-14/h3-12H,1H2,2H3. The van der Waals surface area contributed by atoms with Crippen molar-refractivity contribution in [1.82, 2.24) is 14.4 Å². The molecule has 0 aliphatic carbocycles. The van der Waals surface area contributed by atoms with Crippen molar-refractivity contribution in [1.29, 1.82) is 0 Å². The maximum Gasteiger partial charge on any atom is 0.284 e. The molecular formula is C17H15N3O2S2. The molecular weight excluding hydrogens is 342 g/mol. The zero-order chi connectivity index (χ0) is 17.2. The second-order valence-electron chi connectivity index (χ2n) is 5.08. The highest BCUT2D eigenvalue weighted by molar-refractivity contribution is 8.02. The number of hydrogen-bond acceptors (Lipinski definition) is 5. The van der Waals surface area contributed by atoms with E-state index in [1.165, 1.54) is 18.0 Å². The Hall–Kier alpha value is -2.38. The van der Waals surface area contributed by atoms with E-state index in [1.807, 2.05) is 31.2 Å². The smallest absolute Gasteiger partial charge is 0.199 e. The Morgan fingerprint density at radius 3 is 2.54 bits per heavy atom. The Balaban J connectivity index is 2.02. The summed E-state index contributed by atoms with van der Waals surface area (Å²) in [5.41, 5.74) is 2.30. The van der Waals surface area contributed by atoms with Gasteiger partial charge < -0.3 is 0 Å². The summed E-state index contributed by atoms with van der Waals surface area (Å²) in [6, 6.07) is 14.2. The molecule has 2 aromatic carbocycles. The minimum Gasteiger partial charge on any atom is -0.199 e. The molecule has 0 spiro atoms. The summed E-state index contributed by atoms with van der Waals surface area (Å²) >= 11 is 1.45. The lowest BCUT2D eigenvalue weighted by atomic mass is 10.2. The molecule has 0 amide bonds. The first kappa shape index (κ1) is 16.5. The molecule has 3 rings (SSSR count). The van der Waals surface area contributed by atoms with Gasteiger partial charge in [0.15, 0.2) is 0 Å². The molecule has 7 heteroatoms. The molecule has 0 fully saturated rings. The largest absolute Gasteiger partial charge is 0.284 e. The number of thioether (sulfide) groups is 1. The van der Waals surface area contributed by atoms with Crippen LogP contribution in [0.2, 0.25) is 0 Å². The molecule has 0 aliphatic rings. The Labute approximate surface area is 145 Å². The Bertz CT molecular complexity index is 977. The molecule has 1 aromatic heterocycles. The molecule has 0 saturated carbocycles. The monoisotopic (exact) mass is 357 g/mol. The average molecular weight is 357 g/mol. The first-order valence-corrected chi connectivity index (χ1v) is 9.46. The van der Waals surface area contributed by atoms with Gasteiger partial charge in [-0.2, -0.15) is 8.42 Å². The number of aromatic nitrogens is 3. The maximum atomic E-state index is 12.6. The molecule has 0 saturated heterocycles. The molecule has 0 atom stereocenters. The zero-order valence-electron chi connectivity index (χ0n) is 13.0. The van der Waals surface area contributed by atoms with E-state index in [4.69, 9.17) is 0 Å². The van der Waals surface area contributed by atoms with Crippen molar-refractivity contribution in [2.75, 3.05) is 0 Å². The van der Waals surface area contributed by atoms with E-state index in [0.29, 0.717) is 5.69 Å². The lowest BCUT2D eigenvalue weighted by Gasteiger charge is -2.04. The summed E-state index contributed by atoms with van der Waals surface area (Å²) in [6.45, 7) is 5.61. The fourth-order valence-corrected chi connectivity index (χ4v) is 3.88. The molecule has 0 bridgehead atoms. The van der Waals surface area contributed by atoms with Crippen molar-refractivity contribution in [3.05, 3.63) is 72.3 Å². The van der Waals surface area contributed by atoms with Crippen molar-refractivity contribution in [2.24, 2.45) is 0 Å². The van der Waals surface area contributed by atoms with E-state index >= 15 is 0 Å². The van der Waals surface area contributed by atoms with E-state index in [1.54, 1.807) is 29.7 Å². The van der Waals surface area contributed by atoms with Crippen LogP contribution in [0, 0.1) is 6.92 Å². The normalized spacial score (nSPS) is 11.4.